The molecule has 5 N–H and O–H groups in total. The van der Waals surface area contributed by atoms with E-state index in [4.69, 9.17) is 20.6 Å². The molecule has 0 saturated carbocycles. The summed E-state index contributed by atoms with van der Waals surface area (Å²) in [6, 6.07) is 0. The van der Waals surface area contributed by atoms with Crippen molar-refractivity contribution in [3.05, 3.63) is 25.0 Å². The zero-order valence-corrected chi connectivity index (χ0v) is 10.2. The fraction of sp³-hybridized carbons (Fsp3) is 0.250. The van der Waals surface area contributed by atoms with Crippen LogP contribution in [-0.2, 0) is 23.4 Å². The predicted molar refractivity (Wildman–Crippen MR) is 60.1 cm³/mol. The zero-order valence-electron chi connectivity index (χ0n) is 9.26. The number of carboxylic acid groups (broad SMARTS) is 1. The third kappa shape index (κ3) is 19.8. The van der Waals surface area contributed by atoms with Crippen molar-refractivity contribution in [3.8, 4) is 0 Å². The van der Waals surface area contributed by atoms with Gasteiger partial charge in [0.05, 0.1) is 6.08 Å². The number of phosphoric acid groups is 1. The lowest BCUT2D eigenvalue weighted by molar-refractivity contribution is -0.137. The highest BCUT2D eigenvalue weighted by Gasteiger charge is 2.11. The highest BCUT2D eigenvalue weighted by molar-refractivity contribution is 7.46. The van der Waals surface area contributed by atoms with Gasteiger partial charge in [0, 0.05) is 12.6 Å². The number of rotatable bonds is 6. The van der Waals surface area contributed by atoms with E-state index in [1.165, 1.54) is 0 Å². The summed E-state index contributed by atoms with van der Waals surface area (Å²) < 4.78 is 17.9. The Labute approximate surface area is 103 Å². The SMILES string of the molecule is C=CC(=O)OCCN.O=C(O)C=COP(=O)(O)O. The average Bonchev–Trinajstić information content (AvgIpc) is 2.24. The van der Waals surface area contributed by atoms with Crippen LogP contribution in [0.25, 0.3) is 0 Å². The summed E-state index contributed by atoms with van der Waals surface area (Å²) in [5, 5.41) is 7.89. The molecule has 0 rings (SSSR count). The Morgan fingerprint density at radius 3 is 2.28 bits per heavy atom. The molecule has 0 amide bonds. The van der Waals surface area contributed by atoms with E-state index in [0.717, 1.165) is 6.08 Å². The van der Waals surface area contributed by atoms with Crippen LogP contribution in [0.4, 0.5) is 0 Å². The van der Waals surface area contributed by atoms with Gasteiger partial charge in [-0.25, -0.2) is 14.2 Å². The van der Waals surface area contributed by atoms with Gasteiger partial charge in [-0.05, 0) is 0 Å². The number of phosphoric ester groups is 1. The predicted octanol–water partition coefficient (Wildman–Crippen LogP) is -0.632. The topological polar surface area (TPSA) is 156 Å². The van der Waals surface area contributed by atoms with Crippen LogP contribution in [0.3, 0.4) is 0 Å². The van der Waals surface area contributed by atoms with Crippen LogP contribution in [-0.4, -0.2) is 40.0 Å². The highest BCUT2D eigenvalue weighted by atomic mass is 31.2. The van der Waals surface area contributed by atoms with Gasteiger partial charge in [-0.15, -0.1) is 0 Å². The van der Waals surface area contributed by atoms with Crippen LogP contribution in [0.5, 0.6) is 0 Å². The molecule has 0 radical (unpaired) electrons. The molecule has 0 aromatic heterocycles. The Bertz CT molecular complexity index is 347. The molecule has 0 heterocycles. The maximum Gasteiger partial charge on any atom is 0.524 e. The number of nitrogens with two attached hydrogens (primary N) is 1. The van der Waals surface area contributed by atoms with Crippen LogP contribution in [0.1, 0.15) is 0 Å². The number of carboxylic acids is 1. The third-order valence-electron chi connectivity index (χ3n) is 0.938. The number of hydrogen-bond acceptors (Lipinski definition) is 6. The van der Waals surface area contributed by atoms with Gasteiger partial charge in [-0.1, -0.05) is 6.58 Å². The van der Waals surface area contributed by atoms with Crippen LogP contribution in [0, 0.1) is 0 Å². The van der Waals surface area contributed by atoms with E-state index < -0.39 is 19.8 Å². The second kappa shape index (κ2) is 10.5. The zero-order chi connectivity index (χ0) is 14.6. The fourth-order valence-electron chi connectivity index (χ4n) is 0.386. The number of esters is 1. The van der Waals surface area contributed by atoms with Gasteiger partial charge < -0.3 is 20.1 Å². The smallest absolute Gasteiger partial charge is 0.478 e. The van der Waals surface area contributed by atoms with E-state index in [0.29, 0.717) is 18.9 Å². The van der Waals surface area contributed by atoms with Crippen LogP contribution in [0.2, 0.25) is 0 Å². The molecule has 0 aliphatic carbocycles. The standard InChI is InChI=1S/C5H9NO2.C3H5O6P/c1-2-5(7)8-4-3-6;4-3(5)1-2-9-10(6,7)8/h2H,1,3-4,6H2;1-2H,(H,4,5)(H2,6,7,8). The molecular weight excluding hydrogens is 269 g/mol. The van der Waals surface area contributed by atoms with Gasteiger partial charge in [0.15, 0.2) is 0 Å². The summed E-state index contributed by atoms with van der Waals surface area (Å²) in [6.45, 7) is 3.83. The minimum Gasteiger partial charge on any atom is -0.478 e. The van der Waals surface area contributed by atoms with Crippen LogP contribution >= 0.6 is 7.82 Å². The first-order valence-corrected chi connectivity index (χ1v) is 5.88. The first-order chi connectivity index (χ1) is 8.22. The van der Waals surface area contributed by atoms with Crippen molar-refractivity contribution < 1.29 is 38.3 Å². The monoisotopic (exact) mass is 283 g/mol. The average molecular weight is 283 g/mol. The summed E-state index contributed by atoms with van der Waals surface area (Å²) in [6.07, 6.45) is 2.00. The molecule has 0 bridgehead atoms. The first kappa shape index (κ1) is 18.7. The Morgan fingerprint density at radius 2 is 1.94 bits per heavy atom. The van der Waals surface area contributed by atoms with E-state index in [1.807, 2.05) is 0 Å². The lowest BCUT2D eigenvalue weighted by Gasteiger charge is -1.97. The normalized spacial score (nSPS) is 10.2. The molecule has 104 valence electrons. The quantitative estimate of drug-likeness (QED) is 0.215. The minimum absolute atomic E-state index is 0.269. The number of carbonyl (C=O) groups excluding carboxylic acids is 1. The molecule has 0 aliphatic rings. The van der Waals surface area contributed by atoms with Gasteiger partial charge in [-0.3, -0.25) is 9.79 Å². The van der Waals surface area contributed by atoms with Crippen LogP contribution in [0.15, 0.2) is 25.0 Å². The maximum absolute atomic E-state index is 10.2. The molecular formula is C8H14NO8P. The van der Waals surface area contributed by atoms with Gasteiger partial charge in [0.25, 0.3) is 0 Å². The Kier molecular flexibility index (Phi) is 10.9. The first-order valence-electron chi connectivity index (χ1n) is 4.35. The van der Waals surface area contributed by atoms with E-state index in [-0.39, 0.29) is 6.61 Å². The van der Waals surface area contributed by atoms with Crippen molar-refractivity contribution in [1.29, 1.82) is 0 Å². The van der Waals surface area contributed by atoms with Crippen molar-refractivity contribution in [3.63, 3.8) is 0 Å². The molecule has 0 saturated heterocycles. The molecule has 0 aliphatic heterocycles. The molecule has 0 atom stereocenters. The Morgan fingerprint density at radius 1 is 1.39 bits per heavy atom. The number of carbonyl (C=O) groups is 2. The second-order valence-corrected chi connectivity index (χ2v) is 3.59. The van der Waals surface area contributed by atoms with Crippen molar-refractivity contribution in [2.24, 2.45) is 5.73 Å². The molecule has 9 nitrogen and oxygen atoms in total. The summed E-state index contributed by atoms with van der Waals surface area (Å²) in [7, 11) is -4.57. The maximum atomic E-state index is 10.2. The molecule has 0 aromatic carbocycles. The van der Waals surface area contributed by atoms with Crippen molar-refractivity contribution in [1.82, 2.24) is 0 Å². The molecule has 18 heavy (non-hydrogen) atoms. The Hall–Kier alpha value is -1.67. The van der Waals surface area contributed by atoms with E-state index in [2.05, 4.69) is 15.8 Å². The molecule has 0 unspecified atom stereocenters. The third-order valence-corrected chi connectivity index (χ3v) is 1.33. The highest BCUT2D eigenvalue weighted by Crippen LogP contribution is 2.35. The number of aliphatic carboxylic acids is 1. The summed E-state index contributed by atoms with van der Waals surface area (Å²) >= 11 is 0. The number of hydrogen-bond donors (Lipinski definition) is 4. The lowest BCUT2D eigenvalue weighted by Crippen LogP contribution is -2.11. The fourth-order valence-corrected chi connectivity index (χ4v) is 0.606. The van der Waals surface area contributed by atoms with Gasteiger partial charge in [0.2, 0.25) is 0 Å². The molecule has 0 aromatic rings. The molecule has 10 heteroatoms. The van der Waals surface area contributed by atoms with Crippen molar-refractivity contribution in [2.45, 2.75) is 0 Å². The Balaban J connectivity index is 0. The second-order valence-electron chi connectivity index (χ2n) is 2.40. The van der Waals surface area contributed by atoms with Crippen molar-refractivity contribution >= 4 is 19.8 Å². The summed E-state index contributed by atoms with van der Waals surface area (Å²) in [4.78, 5) is 35.8. The largest absolute Gasteiger partial charge is 0.524 e. The lowest BCUT2D eigenvalue weighted by atomic mass is 10.6. The molecule has 0 fully saturated rings. The van der Waals surface area contributed by atoms with E-state index >= 15 is 0 Å². The summed E-state index contributed by atoms with van der Waals surface area (Å²) in [5.41, 5.74) is 5.02. The van der Waals surface area contributed by atoms with Gasteiger partial charge >= 0.3 is 19.8 Å². The van der Waals surface area contributed by atoms with Crippen LogP contribution < -0.4 is 5.73 Å². The van der Waals surface area contributed by atoms with E-state index in [1.54, 1.807) is 0 Å². The molecule has 0 spiro atoms. The van der Waals surface area contributed by atoms with Crippen molar-refractivity contribution in [2.75, 3.05) is 13.2 Å². The van der Waals surface area contributed by atoms with Gasteiger partial charge in [-0.2, -0.15) is 0 Å². The van der Waals surface area contributed by atoms with E-state index in [9.17, 15) is 14.2 Å². The summed E-state index contributed by atoms with van der Waals surface area (Å²) in [5.74, 6) is -1.76. The minimum atomic E-state index is -4.57. The number of ether oxygens (including phenoxy) is 1. The van der Waals surface area contributed by atoms with Gasteiger partial charge in [0.1, 0.15) is 12.9 Å².